The topological polar surface area (TPSA) is 46.9 Å². The summed E-state index contributed by atoms with van der Waals surface area (Å²) < 4.78 is 39.4. The molecule has 1 unspecified atom stereocenters. The molecule has 0 radical (unpaired) electrons. The molecule has 1 aliphatic rings. The van der Waals surface area contributed by atoms with Crippen molar-refractivity contribution in [2.45, 2.75) is 45.3 Å². The Balaban J connectivity index is 2.11. The summed E-state index contributed by atoms with van der Waals surface area (Å²) in [4.78, 5) is 12.0. The molecule has 2 rings (SSSR count). The van der Waals surface area contributed by atoms with Crippen molar-refractivity contribution < 1.29 is 18.0 Å². The Kier molecular flexibility index (Phi) is 4.65. The van der Waals surface area contributed by atoms with Crippen LogP contribution in [0.4, 0.5) is 13.2 Å². The molecule has 1 aromatic heterocycles. The maximum Gasteiger partial charge on any atom is 0.436 e. The summed E-state index contributed by atoms with van der Waals surface area (Å²) in [6.07, 6.45) is -1.17. The van der Waals surface area contributed by atoms with Gasteiger partial charge in [-0.15, -0.1) is 0 Å². The van der Waals surface area contributed by atoms with Gasteiger partial charge in [-0.05, 0) is 48.5 Å². The lowest BCUT2D eigenvalue weighted by atomic mass is 9.85. The average molecular weight is 368 g/mol. The zero-order chi connectivity index (χ0) is 15.8. The Morgan fingerprint density at radius 1 is 1.52 bits per heavy atom. The van der Waals surface area contributed by atoms with Crippen LogP contribution in [-0.4, -0.2) is 22.2 Å². The number of amides is 1. The normalized spacial score (nSPS) is 17.4. The minimum absolute atomic E-state index is 0.117. The predicted molar refractivity (Wildman–Crippen MR) is 74.7 cm³/mol. The molecule has 1 aliphatic carbocycles. The SMILES string of the molecule is Cc1c(Br)c(C(F)(F)F)nn1C(C)C(=O)NCC1CCC1. The molecule has 1 atom stereocenters. The van der Waals surface area contributed by atoms with Gasteiger partial charge in [0.25, 0.3) is 0 Å². The fourth-order valence-corrected chi connectivity index (χ4v) is 2.74. The number of carbonyl (C=O) groups is 1. The summed E-state index contributed by atoms with van der Waals surface area (Å²) in [5.41, 5.74) is -0.715. The highest BCUT2D eigenvalue weighted by Crippen LogP contribution is 2.36. The van der Waals surface area contributed by atoms with Gasteiger partial charge in [-0.1, -0.05) is 6.42 Å². The molecule has 0 spiro atoms. The number of nitrogens with one attached hydrogen (secondary N) is 1. The van der Waals surface area contributed by atoms with Crippen LogP contribution in [0.3, 0.4) is 0 Å². The minimum Gasteiger partial charge on any atom is -0.354 e. The molecule has 1 fully saturated rings. The number of alkyl halides is 3. The largest absolute Gasteiger partial charge is 0.436 e. The first-order valence-corrected chi connectivity index (χ1v) is 7.60. The standard InChI is InChI=1S/C13H17BrF3N3O/c1-7-10(14)11(13(15,16)17)19-20(7)8(2)12(21)18-6-9-4-3-5-9/h8-9H,3-6H2,1-2H3,(H,18,21). The first-order valence-electron chi connectivity index (χ1n) is 6.81. The number of carbonyl (C=O) groups excluding carboxylic acids is 1. The van der Waals surface area contributed by atoms with Crippen LogP contribution in [-0.2, 0) is 11.0 Å². The zero-order valence-electron chi connectivity index (χ0n) is 11.8. The van der Waals surface area contributed by atoms with Crippen molar-refractivity contribution in [1.29, 1.82) is 0 Å². The predicted octanol–water partition coefficient (Wildman–Crippen LogP) is 3.45. The van der Waals surface area contributed by atoms with E-state index in [1.54, 1.807) is 6.92 Å². The number of rotatable bonds is 4. The van der Waals surface area contributed by atoms with Crippen LogP contribution in [0, 0.1) is 12.8 Å². The summed E-state index contributed by atoms with van der Waals surface area (Å²) in [5.74, 6) is 0.186. The van der Waals surface area contributed by atoms with Crippen LogP contribution in [0.5, 0.6) is 0 Å². The Morgan fingerprint density at radius 3 is 2.57 bits per heavy atom. The second kappa shape index (κ2) is 5.98. The van der Waals surface area contributed by atoms with Crippen molar-refractivity contribution in [2.75, 3.05) is 6.54 Å². The molecule has 118 valence electrons. The molecule has 1 heterocycles. The number of aromatic nitrogens is 2. The van der Waals surface area contributed by atoms with Crippen molar-refractivity contribution in [1.82, 2.24) is 15.1 Å². The van der Waals surface area contributed by atoms with Gasteiger partial charge in [0.05, 0.1) is 10.2 Å². The Morgan fingerprint density at radius 2 is 2.14 bits per heavy atom. The van der Waals surface area contributed by atoms with Gasteiger partial charge < -0.3 is 5.32 Å². The summed E-state index contributed by atoms with van der Waals surface area (Å²) in [6.45, 7) is 3.63. The van der Waals surface area contributed by atoms with Crippen LogP contribution in [0.1, 0.15) is 43.6 Å². The average Bonchev–Trinajstić information content (AvgIpc) is 2.63. The third-order valence-electron chi connectivity index (χ3n) is 3.88. The summed E-state index contributed by atoms with van der Waals surface area (Å²) in [7, 11) is 0. The molecule has 21 heavy (non-hydrogen) atoms. The second-order valence-corrected chi connectivity index (χ2v) is 6.20. The van der Waals surface area contributed by atoms with E-state index in [1.807, 2.05) is 0 Å². The van der Waals surface area contributed by atoms with Crippen LogP contribution in [0.15, 0.2) is 4.47 Å². The first kappa shape index (κ1) is 16.3. The third kappa shape index (κ3) is 3.41. The molecule has 0 aliphatic heterocycles. The van der Waals surface area contributed by atoms with Crippen molar-refractivity contribution in [3.8, 4) is 0 Å². The molecule has 0 aromatic carbocycles. The van der Waals surface area contributed by atoms with E-state index < -0.39 is 17.9 Å². The van der Waals surface area contributed by atoms with Gasteiger partial charge in [0.2, 0.25) is 5.91 Å². The van der Waals surface area contributed by atoms with Crippen LogP contribution >= 0.6 is 15.9 Å². The highest BCUT2D eigenvalue weighted by Gasteiger charge is 2.39. The second-order valence-electron chi connectivity index (χ2n) is 5.41. The number of halogens is 4. The Bertz CT molecular complexity index is 537. The van der Waals surface area contributed by atoms with E-state index in [2.05, 4.69) is 26.3 Å². The van der Waals surface area contributed by atoms with Gasteiger partial charge in [0.15, 0.2) is 5.69 Å². The summed E-state index contributed by atoms with van der Waals surface area (Å²) in [6, 6.07) is -0.780. The van der Waals surface area contributed by atoms with Crippen LogP contribution < -0.4 is 5.32 Å². The van der Waals surface area contributed by atoms with E-state index in [9.17, 15) is 18.0 Å². The van der Waals surface area contributed by atoms with Gasteiger partial charge in [-0.2, -0.15) is 18.3 Å². The van der Waals surface area contributed by atoms with Gasteiger partial charge in [-0.25, -0.2) is 0 Å². The molecule has 4 nitrogen and oxygen atoms in total. The molecular weight excluding hydrogens is 351 g/mol. The fourth-order valence-electron chi connectivity index (χ4n) is 2.26. The number of hydrogen-bond donors (Lipinski definition) is 1. The summed E-state index contributed by atoms with van der Waals surface area (Å²) >= 11 is 2.90. The number of nitrogens with zero attached hydrogens (tertiary/aromatic N) is 2. The lowest BCUT2D eigenvalue weighted by Crippen LogP contribution is -2.37. The van der Waals surface area contributed by atoms with E-state index in [0.29, 0.717) is 12.5 Å². The van der Waals surface area contributed by atoms with Gasteiger partial charge in [0, 0.05) is 6.54 Å². The van der Waals surface area contributed by atoms with Crippen LogP contribution in [0.2, 0.25) is 0 Å². The van der Waals surface area contributed by atoms with Gasteiger partial charge in [-0.3, -0.25) is 9.48 Å². The quantitative estimate of drug-likeness (QED) is 0.885. The van der Waals surface area contributed by atoms with Crippen molar-refractivity contribution in [3.63, 3.8) is 0 Å². The highest BCUT2D eigenvalue weighted by atomic mass is 79.9. The molecule has 1 N–H and O–H groups in total. The molecule has 0 bridgehead atoms. The number of hydrogen-bond acceptors (Lipinski definition) is 2. The van der Waals surface area contributed by atoms with Crippen molar-refractivity contribution in [3.05, 3.63) is 15.9 Å². The first-order chi connectivity index (χ1) is 9.71. The maximum atomic E-state index is 12.8. The monoisotopic (exact) mass is 367 g/mol. The fraction of sp³-hybridized carbons (Fsp3) is 0.692. The highest BCUT2D eigenvalue weighted by molar-refractivity contribution is 9.10. The minimum atomic E-state index is -4.54. The lowest BCUT2D eigenvalue weighted by molar-refractivity contribution is -0.142. The maximum absolute atomic E-state index is 12.8. The van der Waals surface area contributed by atoms with Gasteiger partial charge in [0.1, 0.15) is 6.04 Å². The molecular formula is C13H17BrF3N3O. The molecule has 1 saturated carbocycles. The van der Waals surface area contributed by atoms with E-state index in [4.69, 9.17) is 0 Å². The Labute approximate surface area is 129 Å². The van der Waals surface area contributed by atoms with Crippen LogP contribution in [0.25, 0.3) is 0 Å². The Hall–Kier alpha value is -1.05. The molecule has 1 aromatic rings. The lowest BCUT2D eigenvalue weighted by Gasteiger charge is -2.26. The smallest absolute Gasteiger partial charge is 0.354 e. The third-order valence-corrected chi connectivity index (χ3v) is 4.83. The van der Waals surface area contributed by atoms with Crippen molar-refractivity contribution >= 4 is 21.8 Å². The van der Waals surface area contributed by atoms with E-state index in [1.165, 1.54) is 13.3 Å². The van der Waals surface area contributed by atoms with E-state index in [0.717, 1.165) is 17.5 Å². The molecule has 8 heteroatoms. The van der Waals surface area contributed by atoms with E-state index >= 15 is 0 Å². The molecule has 1 amide bonds. The zero-order valence-corrected chi connectivity index (χ0v) is 13.4. The summed E-state index contributed by atoms with van der Waals surface area (Å²) in [5, 5.41) is 6.33. The molecule has 0 saturated heterocycles. The van der Waals surface area contributed by atoms with E-state index in [-0.39, 0.29) is 16.1 Å². The van der Waals surface area contributed by atoms with Crippen molar-refractivity contribution in [2.24, 2.45) is 5.92 Å². The van der Waals surface area contributed by atoms with Gasteiger partial charge >= 0.3 is 6.18 Å².